The van der Waals surface area contributed by atoms with Gasteiger partial charge < -0.3 is 24.0 Å². The lowest BCUT2D eigenvalue weighted by atomic mass is 10.0. The standard InChI is InChI=1S/C21H25N3O4/c1-12-5-21(22-17-9-20(27-4)19(26-3)8-16(12)17)24-10-14(18(25)11-24)7-15-6-13(2)23-28-15/h5-6,8-9,14,18,25H,7,10-11H2,1-4H3/t14-,18-/m1/s1. The summed E-state index contributed by atoms with van der Waals surface area (Å²) in [4.78, 5) is 6.95. The van der Waals surface area contributed by atoms with Crippen LogP contribution in [-0.2, 0) is 6.42 Å². The number of aryl methyl sites for hydroxylation is 2. The van der Waals surface area contributed by atoms with Crippen molar-refractivity contribution in [2.75, 3.05) is 32.2 Å². The average molecular weight is 383 g/mol. The van der Waals surface area contributed by atoms with Crippen LogP contribution in [0.1, 0.15) is 17.0 Å². The molecule has 1 fully saturated rings. The molecular formula is C21H25N3O4. The van der Waals surface area contributed by atoms with E-state index in [2.05, 4.69) is 23.0 Å². The number of fused-ring (bicyclic) bond motifs is 1. The van der Waals surface area contributed by atoms with Gasteiger partial charge in [-0.3, -0.25) is 0 Å². The molecule has 1 N–H and O–H groups in total. The monoisotopic (exact) mass is 383 g/mol. The van der Waals surface area contributed by atoms with E-state index >= 15 is 0 Å². The van der Waals surface area contributed by atoms with Crippen molar-refractivity contribution in [3.63, 3.8) is 0 Å². The summed E-state index contributed by atoms with van der Waals surface area (Å²) in [6.45, 7) is 5.21. The summed E-state index contributed by atoms with van der Waals surface area (Å²) in [7, 11) is 3.25. The molecule has 4 rings (SSSR count). The molecule has 0 saturated carbocycles. The largest absolute Gasteiger partial charge is 0.493 e. The fraction of sp³-hybridized carbons (Fsp3) is 0.429. The summed E-state index contributed by atoms with van der Waals surface area (Å²) >= 11 is 0. The highest BCUT2D eigenvalue weighted by Gasteiger charge is 2.33. The van der Waals surface area contributed by atoms with Crippen LogP contribution < -0.4 is 14.4 Å². The number of hydrogen-bond acceptors (Lipinski definition) is 7. The first kappa shape index (κ1) is 18.6. The molecule has 0 unspecified atom stereocenters. The van der Waals surface area contributed by atoms with Gasteiger partial charge in [0.2, 0.25) is 0 Å². The van der Waals surface area contributed by atoms with Crippen LogP contribution in [0.25, 0.3) is 10.9 Å². The summed E-state index contributed by atoms with van der Waals surface area (Å²) < 4.78 is 16.1. The van der Waals surface area contributed by atoms with E-state index in [1.807, 2.05) is 25.1 Å². The highest BCUT2D eigenvalue weighted by atomic mass is 16.5. The van der Waals surface area contributed by atoms with Gasteiger partial charge in [0, 0.05) is 42.9 Å². The first-order valence-corrected chi connectivity index (χ1v) is 9.37. The molecule has 148 valence electrons. The van der Waals surface area contributed by atoms with E-state index in [0.717, 1.165) is 33.7 Å². The second kappa shape index (κ2) is 7.31. The van der Waals surface area contributed by atoms with Gasteiger partial charge in [0.1, 0.15) is 11.6 Å². The van der Waals surface area contributed by atoms with E-state index in [1.165, 1.54) is 0 Å². The number of benzene rings is 1. The first-order chi connectivity index (χ1) is 13.5. The maximum Gasteiger partial charge on any atom is 0.162 e. The van der Waals surface area contributed by atoms with Crippen LogP contribution in [0.3, 0.4) is 0 Å². The summed E-state index contributed by atoms with van der Waals surface area (Å²) in [5.74, 6) is 3.08. The Balaban J connectivity index is 1.61. The number of ether oxygens (including phenoxy) is 2. The van der Waals surface area contributed by atoms with Crippen LogP contribution in [0.4, 0.5) is 5.82 Å². The molecule has 1 saturated heterocycles. The molecule has 0 radical (unpaired) electrons. The summed E-state index contributed by atoms with van der Waals surface area (Å²) in [5.41, 5.74) is 2.80. The van der Waals surface area contributed by atoms with Crippen molar-refractivity contribution >= 4 is 16.7 Å². The Morgan fingerprint density at radius 1 is 1.11 bits per heavy atom. The number of anilines is 1. The average Bonchev–Trinajstić information content (AvgIpc) is 3.26. The molecule has 0 amide bonds. The van der Waals surface area contributed by atoms with Crippen LogP contribution in [-0.4, -0.2) is 48.7 Å². The van der Waals surface area contributed by atoms with E-state index in [9.17, 15) is 5.11 Å². The molecule has 1 aliphatic rings. The minimum Gasteiger partial charge on any atom is -0.493 e. The van der Waals surface area contributed by atoms with Crippen molar-refractivity contribution in [3.05, 3.63) is 41.3 Å². The zero-order chi connectivity index (χ0) is 19.8. The van der Waals surface area contributed by atoms with Gasteiger partial charge in [-0.25, -0.2) is 4.98 Å². The highest BCUT2D eigenvalue weighted by molar-refractivity contribution is 5.87. The van der Waals surface area contributed by atoms with Gasteiger partial charge in [0.15, 0.2) is 11.5 Å². The normalized spacial score (nSPS) is 19.4. The topological polar surface area (TPSA) is 80.9 Å². The number of methoxy groups -OCH3 is 2. The van der Waals surface area contributed by atoms with Crippen molar-refractivity contribution in [1.82, 2.24) is 10.1 Å². The summed E-state index contributed by atoms with van der Waals surface area (Å²) in [5, 5.41) is 15.5. The van der Waals surface area contributed by atoms with Gasteiger partial charge in [0.05, 0.1) is 31.5 Å². The Morgan fingerprint density at radius 3 is 2.54 bits per heavy atom. The van der Waals surface area contributed by atoms with Gasteiger partial charge in [-0.2, -0.15) is 0 Å². The Morgan fingerprint density at radius 2 is 1.86 bits per heavy atom. The fourth-order valence-corrected chi connectivity index (χ4v) is 3.88. The Labute approximate surface area is 163 Å². The van der Waals surface area contributed by atoms with Gasteiger partial charge in [-0.05, 0) is 31.5 Å². The van der Waals surface area contributed by atoms with Crippen molar-refractivity contribution in [1.29, 1.82) is 0 Å². The molecule has 0 aliphatic carbocycles. The van der Waals surface area contributed by atoms with Crippen LogP contribution in [0.5, 0.6) is 11.5 Å². The third kappa shape index (κ3) is 3.38. The third-order valence-corrected chi connectivity index (χ3v) is 5.38. The number of aliphatic hydroxyl groups is 1. The lowest BCUT2D eigenvalue weighted by molar-refractivity contribution is 0.143. The predicted molar refractivity (Wildman–Crippen MR) is 106 cm³/mol. The van der Waals surface area contributed by atoms with Gasteiger partial charge >= 0.3 is 0 Å². The molecule has 2 atom stereocenters. The molecule has 7 heteroatoms. The maximum atomic E-state index is 10.6. The number of aromatic nitrogens is 2. The zero-order valence-electron chi connectivity index (χ0n) is 16.6. The second-order valence-electron chi connectivity index (χ2n) is 7.39. The second-order valence-corrected chi connectivity index (χ2v) is 7.39. The van der Waals surface area contributed by atoms with E-state index in [1.54, 1.807) is 14.2 Å². The number of pyridine rings is 1. The maximum absolute atomic E-state index is 10.6. The Hall–Kier alpha value is -2.80. The van der Waals surface area contributed by atoms with Crippen LogP contribution >= 0.6 is 0 Å². The van der Waals surface area contributed by atoms with Gasteiger partial charge in [0.25, 0.3) is 0 Å². The molecule has 0 spiro atoms. The summed E-state index contributed by atoms with van der Waals surface area (Å²) in [6.07, 6.45) is 0.226. The molecule has 1 aliphatic heterocycles. The van der Waals surface area contributed by atoms with Crippen molar-refractivity contribution < 1.29 is 19.1 Å². The number of hydrogen-bond donors (Lipinski definition) is 1. The SMILES string of the molecule is COc1cc2nc(N3C[C@@H](Cc4cc(C)no4)[C@H](O)C3)cc(C)c2cc1OC. The van der Waals surface area contributed by atoms with Crippen molar-refractivity contribution in [2.45, 2.75) is 26.4 Å². The van der Waals surface area contributed by atoms with Gasteiger partial charge in [-0.15, -0.1) is 0 Å². The van der Waals surface area contributed by atoms with Crippen molar-refractivity contribution in [3.8, 4) is 11.5 Å². The Kier molecular flexibility index (Phi) is 4.85. The molecule has 7 nitrogen and oxygen atoms in total. The third-order valence-electron chi connectivity index (χ3n) is 5.38. The number of β-amino-alcohol motifs (C(OH)–C–C–N with tert-alkyl or cyclic N) is 1. The minimum atomic E-state index is -0.436. The highest BCUT2D eigenvalue weighted by Crippen LogP contribution is 2.35. The van der Waals surface area contributed by atoms with Crippen LogP contribution in [0.15, 0.2) is 28.8 Å². The van der Waals surface area contributed by atoms with E-state index < -0.39 is 6.10 Å². The zero-order valence-corrected chi connectivity index (χ0v) is 16.6. The fourth-order valence-electron chi connectivity index (χ4n) is 3.88. The van der Waals surface area contributed by atoms with Crippen molar-refractivity contribution in [2.24, 2.45) is 5.92 Å². The molecule has 1 aromatic carbocycles. The minimum absolute atomic E-state index is 0.0792. The molecule has 28 heavy (non-hydrogen) atoms. The molecular weight excluding hydrogens is 358 g/mol. The van der Waals surface area contributed by atoms with Crippen LogP contribution in [0.2, 0.25) is 0 Å². The van der Waals surface area contributed by atoms with Crippen LogP contribution in [0, 0.1) is 19.8 Å². The molecule has 0 bridgehead atoms. The predicted octanol–water partition coefficient (Wildman–Crippen LogP) is 2.90. The lowest BCUT2D eigenvalue weighted by Crippen LogP contribution is -2.22. The van der Waals surface area contributed by atoms with E-state index in [4.69, 9.17) is 19.0 Å². The molecule has 3 aromatic rings. The van der Waals surface area contributed by atoms with E-state index in [-0.39, 0.29) is 5.92 Å². The first-order valence-electron chi connectivity index (χ1n) is 9.37. The number of nitrogens with zero attached hydrogens (tertiary/aromatic N) is 3. The summed E-state index contributed by atoms with van der Waals surface area (Å²) in [6, 6.07) is 7.83. The Bertz CT molecular complexity index is 1000. The quantitative estimate of drug-likeness (QED) is 0.725. The number of rotatable bonds is 5. The number of aliphatic hydroxyl groups excluding tert-OH is 1. The van der Waals surface area contributed by atoms with E-state index in [0.29, 0.717) is 31.0 Å². The van der Waals surface area contributed by atoms with Gasteiger partial charge in [-0.1, -0.05) is 5.16 Å². The lowest BCUT2D eigenvalue weighted by Gasteiger charge is -2.19. The molecule has 3 heterocycles. The smallest absolute Gasteiger partial charge is 0.162 e. The molecule has 2 aromatic heterocycles.